The molecule has 0 amide bonds. The van der Waals surface area contributed by atoms with Crippen LogP contribution >= 0.6 is 0 Å². The van der Waals surface area contributed by atoms with Crippen molar-refractivity contribution in [2.75, 3.05) is 0 Å². The molecule has 11 heavy (non-hydrogen) atoms. The zero-order valence-corrected chi connectivity index (χ0v) is 6.28. The Balaban J connectivity index is 2.89. The molecule has 0 unspecified atom stereocenters. The highest BCUT2D eigenvalue weighted by Crippen LogP contribution is 2.10. The molecule has 0 saturated heterocycles. The first-order chi connectivity index (χ1) is 5.20. The third kappa shape index (κ3) is 2.04. The molecule has 0 fully saturated rings. The first-order valence-electron chi connectivity index (χ1n) is 3.38. The monoisotopic (exact) mass is 151 g/mol. The van der Waals surface area contributed by atoms with Gasteiger partial charge in [-0.15, -0.1) is 0 Å². The SMILES string of the molecule is CC1=CC=C([N+](=O)[O-])C=CC1. The molecular weight excluding hydrogens is 142 g/mol. The molecule has 0 spiro atoms. The molecule has 0 N–H and O–H groups in total. The lowest BCUT2D eigenvalue weighted by Crippen LogP contribution is -1.93. The van der Waals surface area contributed by atoms with E-state index in [2.05, 4.69) is 0 Å². The van der Waals surface area contributed by atoms with Crippen LogP contribution in [0.4, 0.5) is 0 Å². The summed E-state index contributed by atoms with van der Waals surface area (Å²) in [5, 5.41) is 10.3. The quantitative estimate of drug-likeness (QED) is 0.425. The molecule has 0 atom stereocenters. The van der Waals surface area contributed by atoms with Crippen LogP contribution in [-0.4, -0.2) is 4.92 Å². The van der Waals surface area contributed by atoms with Crippen molar-refractivity contribution in [1.29, 1.82) is 0 Å². The molecule has 0 aliphatic heterocycles. The molecule has 0 aromatic rings. The molecule has 58 valence electrons. The van der Waals surface area contributed by atoms with E-state index in [4.69, 9.17) is 0 Å². The summed E-state index contributed by atoms with van der Waals surface area (Å²) >= 11 is 0. The third-order valence-electron chi connectivity index (χ3n) is 1.48. The van der Waals surface area contributed by atoms with Gasteiger partial charge in [0.15, 0.2) is 0 Å². The molecule has 1 aliphatic rings. The Labute approximate surface area is 64.9 Å². The topological polar surface area (TPSA) is 43.1 Å². The predicted molar refractivity (Wildman–Crippen MR) is 42.6 cm³/mol. The van der Waals surface area contributed by atoms with Crippen LogP contribution in [0.15, 0.2) is 35.6 Å². The van der Waals surface area contributed by atoms with E-state index in [1.807, 2.05) is 6.92 Å². The molecule has 1 rings (SSSR count). The van der Waals surface area contributed by atoms with E-state index in [0.717, 1.165) is 12.0 Å². The van der Waals surface area contributed by atoms with Crippen molar-refractivity contribution in [3.8, 4) is 0 Å². The molecule has 0 aromatic heterocycles. The van der Waals surface area contributed by atoms with Gasteiger partial charge in [-0.3, -0.25) is 10.1 Å². The maximum Gasteiger partial charge on any atom is 0.269 e. The van der Waals surface area contributed by atoms with Crippen LogP contribution in [-0.2, 0) is 0 Å². The van der Waals surface area contributed by atoms with E-state index in [1.54, 1.807) is 12.2 Å². The van der Waals surface area contributed by atoms with Gasteiger partial charge in [0.05, 0.1) is 4.92 Å². The standard InChI is InChI=1S/C8H9NO2/c1-7-3-2-4-8(6-5-7)9(10)11/h2,4-6H,3H2,1H3. The summed E-state index contributed by atoms with van der Waals surface area (Å²) in [6.07, 6.45) is 7.44. The Bertz CT molecular complexity index is 261. The maximum absolute atomic E-state index is 10.3. The zero-order chi connectivity index (χ0) is 8.27. The lowest BCUT2D eigenvalue weighted by Gasteiger charge is -1.86. The second-order valence-corrected chi connectivity index (χ2v) is 2.47. The second kappa shape index (κ2) is 3.14. The summed E-state index contributed by atoms with van der Waals surface area (Å²) in [4.78, 5) is 9.89. The fourth-order valence-electron chi connectivity index (χ4n) is 0.839. The highest BCUT2D eigenvalue weighted by molar-refractivity contribution is 5.25. The van der Waals surface area contributed by atoms with Crippen LogP contribution in [0, 0.1) is 10.1 Å². The van der Waals surface area contributed by atoms with Crippen molar-refractivity contribution in [3.05, 3.63) is 45.7 Å². The van der Waals surface area contributed by atoms with Crippen LogP contribution in [0.1, 0.15) is 13.3 Å². The molecule has 0 aromatic carbocycles. The van der Waals surface area contributed by atoms with Gasteiger partial charge >= 0.3 is 0 Å². The molecule has 0 radical (unpaired) electrons. The number of hydrogen-bond acceptors (Lipinski definition) is 2. The Morgan fingerprint density at radius 1 is 1.55 bits per heavy atom. The minimum absolute atomic E-state index is 0.154. The Kier molecular flexibility index (Phi) is 2.21. The summed E-state index contributed by atoms with van der Waals surface area (Å²) in [7, 11) is 0. The van der Waals surface area contributed by atoms with Gasteiger partial charge in [-0.2, -0.15) is 0 Å². The van der Waals surface area contributed by atoms with Crippen LogP contribution in [0.25, 0.3) is 0 Å². The average Bonchev–Trinajstić information content (AvgIpc) is 2.13. The minimum Gasteiger partial charge on any atom is -0.258 e. The van der Waals surface area contributed by atoms with Crippen LogP contribution in [0.2, 0.25) is 0 Å². The van der Waals surface area contributed by atoms with E-state index in [-0.39, 0.29) is 10.6 Å². The van der Waals surface area contributed by atoms with Crippen molar-refractivity contribution >= 4 is 0 Å². The minimum atomic E-state index is -0.383. The van der Waals surface area contributed by atoms with E-state index in [1.165, 1.54) is 12.2 Å². The number of rotatable bonds is 1. The highest BCUT2D eigenvalue weighted by atomic mass is 16.6. The van der Waals surface area contributed by atoms with Gasteiger partial charge in [-0.05, 0) is 13.3 Å². The average molecular weight is 151 g/mol. The van der Waals surface area contributed by atoms with Gasteiger partial charge < -0.3 is 0 Å². The number of nitro groups is 1. The molecule has 3 nitrogen and oxygen atoms in total. The zero-order valence-electron chi connectivity index (χ0n) is 6.28. The Morgan fingerprint density at radius 3 is 2.91 bits per heavy atom. The second-order valence-electron chi connectivity index (χ2n) is 2.47. The molecule has 0 saturated carbocycles. The van der Waals surface area contributed by atoms with E-state index >= 15 is 0 Å². The summed E-state index contributed by atoms with van der Waals surface area (Å²) < 4.78 is 0. The number of allylic oxidation sites excluding steroid dienone is 5. The van der Waals surface area contributed by atoms with Crippen molar-refractivity contribution in [2.45, 2.75) is 13.3 Å². The Hall–Kier alpha value is -1.38. The molecule has 3 heteroatoms. The third-order valence-corrected chi connectivity index (χ3v) is 1.48. The van der Waals surface area contributed by atoms with Crippen LogP contribution < -0.4 is 0 Å². The van der Waals surface area contributed by atoms with Gasteiger partial charge in [0.2, 0.25) is 0 Å². The molecular formula is C8H9NO2. The van der Waals surface area contributed by atoms with Crippen LogP contribution in [0.3, 0.4) is 0 Å². The maximum atomic E-state index is 10.3. The van der Waals surface area contributed by atoms with E-state index < -0.39 is 0 Å². The summed E-state index contributed by atoms with van der Waals surface area (Å²) in [6, 6.07) is 0. The van der Waals surface area contributed by atoms with Gasteiger partial charge in [-0.1, -0.05) is 17.7 Å². The summed E-state index contributed by atoms with van der Waals surface area (Å²) in [5.74, 6) is 0. The van der Waals surface area contributed by atoms with Crippen molar-refractivity contribution in [2.24, 2.45) is 0 Å². The van der Waals surface area contributed by atoms with Crippen molar-refractivity contribution in [1.82, 2.24) is 0 Å². The van der Waals surface area contributed by atoms with Gasteiger partial charge in [0.1, 0.15) is 0 Å². The van der Waals surface area contributed by atoms with Crippen LogP contribution in [0.5, 0.6) is 0 Å². The lowest BCUT2D eigenvalue weighted by molar-refractivity contribution is -0.419. The predicted octanol–water partition coefficient (Wildman–Crippen LogP) is 2.05. The van der Waals surface area contributed by atoms with Gasteiger partial charge in [-0.25, -0.2) is 0 Å². The highest BCUT2D eigenvalue weighted by Gasteiger charge is 2.05. The molecule has 1 aliphatic carbocycles. The summed E-state index contributed by atoms with van der Waals surface area (Å²) in [5.41, 5.74) is 1.29. The first-order valence-corrected chi connectivity index (χ1v) is 3.38. The van der Waals surface area contributed by atoms with Gasteiger partial charge in [0.25, 0.3) is 5.70 Å². The lowest BCUT2D eigenvalue weighted by atomic mass is 10.2. The summed E-state index contributed by atoms with van der Waals surface area (Å²) in [6.45, 7) is 1.95. The Morgan fingerprint density at radius 2 is 2.27 bits per heavy atom. The fourth-order valence-corrected chi connectivity index (χ4v) is 0.839. The number of hydrogen-bond donors (Lipinski definition) is 0. The normalized spacial score (nSPS) is 16.8. The smallest absolute Gasteiger partial charge is 0.258 e. The first kappa shape index (κ1) is 7.72. The van der Waals surface area contributed by atoms with Crippen molar-refractivity contribution in [3.63, 3.8) is 0 Å². The van der Waals surface area contributed by atoms with Gasteiger partial charge in [0, 0.05) is 12.2 Å². The molecule has 0 bridgehead atoms. The van der Waals surface area contributed by atoms with E-state index in [0.29, 0.717) is 0 Å². The van der Waals surface area contributed by atoms with Crippen molar-refractivity contribution < 1.29 is 4.92 Å². The largest absolute Gasteiger partial charge is 0.269 e. The molecule has 0 heterocycles. The number of nitrogens with zero attached hydrogens (tertiary/aromatic N) is 1. The van der Waals surface area contributed by atoms with E-state index in [9.17, 15) is 10.1 Å². The fraction of sp³-hybridized carbons (Fsp3) is 0.250.